The lowest BCUT2D eigenvalue weighted by Gasteiger charge is -2.43. The Balaban J connectivity index is 1.69. The lowest BCUT2D eigenvalue weighted by atomic mass is 9.72. The third kappa shape index (κ3) is 7.25. The number of carbonyl (C=O) groups excluding carboxylic acids is 1. The van der Waals surface area contributed by atoms with Gasteiger partial charge < -0.3 is 25.7 Å². The fourth-order valence-corrected chi connectivity index (χ4v) is 6.10. The standard InChI is InChI=1S/C32H39ClN4O4/c1-3-22-7-4-8-25(19-22)28-27(14-17-35-29(28)33)32(41,15-6-16-36-31(39)40)26-9-5-18-37(21-26)30(38)24-12-10-23(11-13-24)20-34-2/h4,7-8,10-14,17,19,26,34,36,41H,3,5-6,9,15-16,18,20-21H2,1-2H3,(H,39,40)/t26-,32?/m1/s1. The third-order valence-electron chi connectivity index (χ3n) is 7.97. The van der Waals surface area contributed by atoms with Crippen LogP contribution in [0.2, 0.25) is 5.15 Å². The zero-order chi connectivity index (χ0) is 29.4. The number of aliphatic hydroxyl groups is 1. The zero-order valence-corrected chi connectivity index (χ0v) is 24.5. The van der Waals surface area contributed by atoms with Crippen molar-refractivity contribution in [2.45, 2.75) is 51.2 Å². The summed E-state index contributed by atoms with van der Waals surface area (Å²) in [5, 5.41) is 27.5. The first-order valence-corrected chi connectivity index (χ1v) is 14.6. The molecular formula is C32H39ClN4O4. The van der Waals surface area contributed by atoms with Crippen LogP contribution in [0.5, 0.6) is 0 Å². The lowest BCUT2D eigenvalue weighted by Crippen LogP contribution is -2.48. The molecule has 1 fully saturated rings. The number of pyridine rings is 1. The van der Waals surface area contributed by atoms with E-state index in [1.165, 1.54) is 0 Å². The molecule has 0 radical (unpaired) electrons. The molecule has 1 unspecified atom stereocenters. The van der Waals surface area contributed by atoms with Crippen molar-refractivity contribution in [1.29, 1.82) is 0 Å². The molecule has 2 amide bonds. The highest BCUT2D eigenvalue weighted by Gasteiger charge is 2.43. The van der Waals surface area contributed by atoms with Crippen LogP contribution in [0.1, 0.15) is 59.7 Å². The molecule has 0 spiro atoms. The molecule has 4 N–H and O–H groups in total. The number of hydrogen-bond donors (Lipinski definition) is 4. The van der Waals surface area contributed by atoms with Gasteiger partial charge in [-0.15, -0.1) is 0 Å². The minimum atomic E-state index is -1.38. The summed E-state index contributed by atoms with van der Waals surface area (Å²) in [6, 6.07) is 17.5. The number of carbonyl (C=O) groups is 2. The van der Waals surface area contributed by atoms with Gasteiger partial charge in [0.15, 0.2) is 0 Å². The molecule has 9 heteroatoms. The van der Waals surface area contributed by atoms with Gasteiger partial charge in [0.25, 0.3) is 5.91 Å². The Morgan fingerprint density at radius 2 is 1.93 bits per heavy atom. The van der Waals surface area contributed by atoms with Crippen molar-refractivity contribution in [2.75, 3.05) is 26.7 Å². The summed E-state index contributed by atoms with van der Waals surface area (Å²) in [6.45, 7) is 3.98. The molecule has 0 saturated carbocycles. The number of nitrogens with one attached hydrogen (secondary N) is 2. The number of halogens is 1. The predicted octanol–water partition coefficient (Wildman–Crippen LogP) is 5.47. The van der Waals surface area contributed by atoms with Crippen LogP contribution in [-0.2, 0) is 18.6 Å². The van der Waals surface area contributed by atoms with Crippen LogP contribution in [0.25, 0.3) is 11.1 Å². The number of rotatable bonds is 11. The number of piperidine rings is 1. The van der Waals surface area contributed by atoms with Crippen LogP contribution in [0, 0.1) is 5.92 Å². The molecule has 1 aliphatic heterocycles. The summed E-state index contributed by atoms with van der Waals surface area (Å²) in [6.07, 6.45) is 3.50. The van der Waals surface area contributed by atoms with Crippen molar-refractivity contribution < 1.29 is 19.8 Å². The first kappa shape index (κ1) is 30.5. The average Bonchev–Trinajstić information content (AvgIpc) is 2.99. The molecule has 2 heterocycles. The number of likely N-dealkylation sites (tertiary alicyclic amines) is 1. The third-order valence-corrected chi connectivity index (χ3v) is 8.26. The van der Waals surface area contributed by atoms with E-state index in [-0.39, 0.29) is 18.4 Å². The lowest BCUT2D eigenvalue weighted by molar-refractivity contribution is -0.0563. The highest BCUT2D eigenvalue weighted by Crippen LogP contribution is 2.45. The van der Waals surface area contributed by atoms with Crippen LogP contribution >= 0.6 is 11.6 Å². The van der Waals surface area contributed by atoms with Crippen LogP contribution in [0.4, 0.5) is 4.79 Å². The highest BCUT2D eigenvalue weighted by molar-refractivity contribution is 6.32. The van der Waals surface area contributed by atoms with E-state index in [1.807, 2.05) is 60.5 Å². The topological polar surface area (TPSA) is 115 Å². The molecule has 1 aromatic heterocycles. The van der Waals surface area contributed by atoms with Gasteiger partial charge in [-0.05, 0) is 79.6 Å². The fraction of sp³-hybridized carbons (Fsp3) is 0.406. The van der Waals surface area contributed by atoms with E-state index in [2.05, 4.69) is 28.6 Å². The van der Waals surface area contributed by atoms with Gasteiger partial charge >= 0.3 is 6.09 Å². The zero-order valence-electron chi connectivity index (χ0n) is 23.7. The molecule has 3 aromatic rings. The Labute approximate surface area is 246 Å². The average molecular weight is 579 g/mol. The highest BCUT2D eigenvalue weighted by atomic mass is 35.5. The van der Waals surface area contributed by atoms with Crippen molar-refractivity contribution >= 4 is 23.6 Å². The minimum Gasteiger partial charge on any atom is -0.465 e. The Hall–Kier alpha value is -3.46. The van der Waals surface area contributed by atoms with Crippen molar-refractivity contribution in [1.82, 2.24) is 20.5 Å². The van der Waals surface area contributed by atoms with Gasteiger partial charge in [-0.1, -0.05) is 54.9 Å². The number of amides is 2. The Bertz CT molecular complexity index is 1350. The SMILES string of the molecule is CCc1cccc(-c2c(C(O)(CCCNC(=O)O)[C@@H]3CCCN(C(=O)c4ccc(CNC)cc4)C3)ccnc2Cl)c1. The normalized spacial score (nSPS) is 16.7. The second kappa shape index (κ2) is 13.9. The summed E-state index contributed by atoms with van der Waals surface area (Å²) in [5.41, 5.74) is 3.66. The molecule has 8 nitrogen and oxygen atoms in total. The molecule has 1 saturated heterocycles. The van der Waals surface area contributed by atoms with Crippen LogP contribution in [0.3, 0.4) is 0 Å². The second-order valence-corrected chi connectivity index (χ2v) is 11.0. The van der Waals surface area contributed by atoms with Gasteiger partial charge in [-0.2, -0.15) is 0 Å². The quantitative estimate of drug-likeness (QED) is 0.177. The number of carboxylic acid groups (broad SMARTS) is 1. The first-order valence-electron chi connectivity index (χ1n) is 14.2. The van der Waals surface area contributed by atoms with Crippen molar-refractivity contribution in [3.05, 3.63) is 88.2 Å². The fourth-order valence-electron chi connectivity index (χ4n) is 5.83. The monoisotopic (exact) mass is 578 g/mol. The van der Waals surface area contributed by atoms with Crippen LogP contribution in [-0.4, -0.2) is 58.8 Å². The summed E-state index contributed by atoms with van der Waals surface area (Å²) < 4.78 is 0. The number of aryl methyl sites for hydroxylation is 1. The van der Waals surface area contributed by atoms with E-state index < -0.39 is 11.7 Å². The van der Waals surface area contributed by atoms with Gasteiger partial charge in [0, 0.05) is 49.4 Å². The van der Waals surface area contributed by atoms with Crippen molar-refractivity contribution in [3.63, 3.8) is 0 Å². The Kier molecular flexibility index (Phi) is 10.4. The summed E-state index contributed by atoms with van der Waals surface area (Å²) in [4.78, 5) is 30.8. The minimum absolute atomic E-state index is 0.0655. The summed E-state index contributed by atoms with van der Waals surface area (Å²) >= 11 is 6.72. The molecule has 218 valence electrons. The van der Waals surface area contributed by atoms with Gasteiger partial charge in [-0.25, -0.2) is 9.78 Å². The smallest absolute Gasteiger partial charge is 0.404 e. The maximum atomic E-state index is 13.5. The van der Waals surface area contributed by atoms with Gasteiger partial charge in [0.1, 0.15) is 5.15 Å². The predicted molar refractivity (Wildman–Crippen MR) is 161 cm³/mol. The number of benzene rings is 2. The molecule has 1 aliphatic rings. The molecule has 2 atom stereocenters. The summed E-state index contributed by atoms with van der Waals surface area (Å²) in [7, 11) is 1.88. The van der Waals surface area contributed by atoms with Gasteiger partial charge in [0.2, 0.25) is 0 Å². The van der Waals surface area contributed by atoms with E-state index in [1.54, 1.807) is 6.20 Å². The molecule has 41 heavy (non-hydrogen) atoms. The van der Waals surface area contributed by atoms with Crippen molar-refractivity contribution in [2.24, 2.45) is 5.92 Å². The Morgan fingerprint density at radius 3 is 2.63 bits per heavy atom. The Morgan fingerprint density at radius 1 is 1.15 bits per heavy atom. The van der Waals surface area contributed by atoms with Gasteiger partial charge in [0.05, 0.1) is 5.60 Å². The first-order chi connectivity index (χ1) is 19.8. The second-order valence-electron chi connectivity index (χ2n) is 10.7. The van der Waals surface area contributed by atoms with Gasteiger partial charge in [-0.3, -0.25) is 4.79 Å². The van der Waals surface area contributed by atoms with E-state index in [4.69, 9.17) is 16.7 Å². The van der Waals surface area contributed by atoms with Crippen molar-refractivity contribution in [3.8, 4) is 11.1 Å². The molecule has 2 aromatic carbocycles. The maximum absolute atomic E-state index is 13.5. The molecule has 0 bridgehead atoms. The van der Waals surface area contributed by atoms with E-state index in [9.17, 15) is 14.7 Å². The van der Waals surface area contributed by atoms with E-state index in [0.717, 1.165) is 36.1 Å². The van der Waals surface area contributed by atoms with E-state index in [0.29, 0.717) is 54.2 Å². The van der Waals surface area contributed by atoms with Crippen LogP contribution in [0.15, 0.2) is 60.8 Å². The van der Waals surface area contributed by atoms with Crippen LogP contribution < -0.4 is 10.6 Å². The van der Waals surface area contributed by atoms with E-state index >= 15 is 0 Å². The molecule has 0 aliphatic carbocycles. The number of aromatic nitrogens is 1. The largest absolute Gasteiger partial charge is 0.465 e. The number of hydrogen-bond acceptors (Lipinski definition) is 5. The maximum Gasteiger partial charge on any atom is 0.404 e. The summed E-state index contributed by atoms with van der Waals surface area (Å²) in [5.74, 6) is -0.357. The molecular weight excluding hydrogens is 540 g/mol. The number of nitrogens with zero attached hydrogens (tertiary/aromatic N) is 2. The molecule has 4 rings (SSSR count).